The standard InChI is InChI=1S/C25H22FN3O3/c26-19-5-3-4-18(12-19)16-7-9-17(10-8-16)24-21-13-28(14-23(31)29(21)22(24)15-30)25(32)20-6-1-2-11-27-20/h1-12,21-22,24,30H,13-15H2/t21-,22-,24+/m0/s1. The minimum atomic E-state index is -0.320. The number of aliphatic hydroxyl groups is 1. The van der Waals surface area contributed by atoms with Crippen LogP contribution in [0.3, 0.4) is 0 Å². The van der Waals surface area contributed by atoms with Gasteiger partial charge in [0.1, 0.15) is 18.1 Å². The largest absolute Gasteiger partial charge is 0.394 e. The third-order valence-electron chi connectivity index (χ3n) is 6.38. The molecule has 3 heterocycles. The number of amides is 2. The fraction of sp³-hybridized carbons (Fsp3) is 0.240. The molecule has 0 aliphatic carbocycles. The number of aliphatic hydroxyl groups excluding tert-OH is 1. The Kier molecular flexibility index (Phi) is 5.19. The van der Waals surface area contributed by atoms with Crippen LogP contribution in [0.15, 0.2) is 72.9 Å². The maximum Gasteiger partial charge on any atom is 0.272 e. The molecular weight excluding hydrogens is 409 g/mol. The third kappa shape index (κ3) is 3.44. The molecule has 2 aromatic carbocycles. The zero-order valence-corrected chi connectivity index (χ0v) is 17.3. The van der Waals surface area contributed by atoms with E-state index >= 15 is 0 Å². The van der Waals surface area contributed by atoms with Gasteiger partial charge in [0.25, 0.3) is 5.91 Å². The van der Waals surface area contributed by atoms with Crippen LogP contribution in [0.5, 0.6) is 0 Å². The average molecular weight is 431 g/mol. The van der Waals surface area contributed by atoms with Gasteiger partial charge in [-0.05, 0) is 41.0 Å². The van der Waals surface area contributed by atoms with Crippen molar-refractivity contribution in [2.75, 3.05) is 19.7 Å². The first-order valence-electron chi connectivity index (χ1n) is 10.5. The van der Waals surface area contributed by atoms with Crippen molar-refractivity contribution in [3.8, 4) is 11.1 Å². The van der Waals surface area contributed by atoms with Gasteiger partial charge in [-0.3, -0.25) is 14.6 Å². The summed E-state index contributed by atoms with van der Waals surface area (Å²) in [7, 11) is 0. The van der Waals surface area contributed by atoms with Gasteiger partial charge in [-0.25, -0.2) is 4.39 Å². The number of halogens is 1. The molecule has 0 bridgehead atoms. The molecule has 5 rings (SSSR count). The summed E-state index contributed by atoms with van der Waals surface area (Å²) in [5.74, 6) is -0.826. The molecule has 6 nitrogen and oxygen atoms in total. The molecule has 0 radical (unpaired) electrons. The number of carbonyl (C=O) groups is 2. The van der Waals surface area contributed by atoms with E-state index in [0.29, 0.717) is 12.2 Å². The quantitative estimate of drug-likeness (QED) is 0.690. The normalized spacial score (nSPS) is 22.3. The highest BCUT2D eigenvalue weighted by Crippen LogP contribution is 2.43. The Morgan fingerprint density at radius 2 is 1.88 bits per heavy atom. The molecular formula is C25H22FN3O3. The molecule has 1 aromatic heterocycles. The Bertz CT molecular complexity index is 1150. The van der Waals surface area contributed by atoms with E-state index in [2.05, 4.69) is 4.98 Å². The maximum absolute atomic E-state index is 13.6. The Morgan fingerprint density at radius 1 is 1.06 bits per heavy atom. The Morgan fingerprint density at radius 3 is 2.56 bits per heavy atom. The number of benzene rings is 2. The molecule has 7 heteroatoms. The number of nitrogens with zero attached hydrogens (tertiary/aromatic N) is 3. The van der Waals surface area contributed by atoms with Gasteiger partial charge >= 0.3 is 0 Å². The second kappa shape index (κ2) is 8.16. The highest BCUT2D eigenvalue weighted by atomic mass is 19.1. The molecule has 2 aliphatic rings. The van der Waals surface area contributed by atoms with Gasteiger partial charge in [-0.2, -0.15) is 0 Å². The van der Waals surface area contributed by atoms with Crippen LogP contribution in [0.2, 0.25) is 0 Å². The van der Waals surface area contributed by atoms with Gasteiger partial charge in [-0.15, -0.1) is 0 Å². The first kappa shape index (κ1) is 20.3. The van der Waals surface area contributed by atoms with Crippen molar-refractivity contribution in [3.05, 3.63) is 90.0 Å². The number of rotatable bonds is 4. The van der Waals surface area contributed by atoms with Crippen LogP contribution in [-0.2, 0) is 4.79 Å². The molecule has 2 saturated heterocycles. The second-order valence-corrected chi connectivity index (χ2v) is 8.18. The lowest BCUT2D eigenvalue weighted by Crippen LogP contribution is -2.73. The second-order valence-electron chi connectivity index (χ2n) is 8.18. The SMILES string of the molecule is O=C(c1ccccn1)N1CC(=O)N2[C@@H](CO)[C@H](c3ccc(-c4cccc(F)c4)cc3)[C@@H]2C1. The highest BCUT2D eigenvalue weighted by Gasteiger charge is 2.54. The molecule has 1 N–H and O–H groups in total. The van der Waals surface area contributed by atoms with Crippen LogP contribution in [0.1, 0.15) is 22.0 Å². The van der Waals surface area contributed by atoms with Crippen molar-refractivity contribution in [1.82, 2.24) is 14.8 Å². The van der Waals surface area contributed by atoms with E-state index in [0.717, 1.165) is 16.7 Å². The Balaban J connectivity index is 1.39. The van der Waals surface area contributed by atoms with Crippen LogP contribution in [-0.4, -0.2) is 63.5 Å². The Labute approximate surface area is 184 Å². The monoisotopic (exact) mass is 431 g/mol. The predicted octanol–water partition coefficient (Wildman–Crippen LogP) is 2.70. The summed E-state index contributed by atoms with van der Waals surface area (Å²) in [6.45, 7) is 0.217. The van der Waals surface area contributed by atoms with E-state index < -0.39 is 0 Å². The van der Waals surface area contributed by atoms with Crippen molar-refractivity contribution < 1.29 is 19.1 Å². The van der Waals surface area contributed by atoms with Crippen LogP contribution in [0.4, 0.5) is 4.39 Å². The lowest BCUT2D eigenvalue weighted by molar-refractivity contribution is -0.159. The maximum atomic E-state index is 13.6. The van der Waals surface area contributed by atoms with Crippen LogP contribution in [0, 0.1) is 5.82 Å². The minimum absolute atomic E-state index is 0.0202. The molecule has 3 aromatic rings. The third-order valence-corrected chi connectivity index (χ3v) is 6.38. The molecule has 162 valence electrons. The van der Waals surface area contributed by atoms with Gasteiger partial charge in [0.05, 0.1) is 18.7 Å². The average Bonchev–Trinajstić information content (AvgIpc) is 2.81. The van der Waals surface area contributed by atoms with Crippen molar-refractivity contribution >= 4 is 11.8 Å². The summed E-state index contributed by atoms with van der Waals surface area (Å²) in [5.41, 5.74) is 2.95. The van der Waals surface area contributed by atoms with E-state index in [9.17, 15) is 19.1 Å². The lowest BCUT2D eigenvalue weighted by atomic mass is 9.73. The lowest BCUT2D eigenvalue weighted by Gasteiger charge is -2.58. The van der Waals surface area contributed by atoms with Gasteiger partial charge in [-0.1, -0.05) is 42.5 Å². The summed E-state index contributed by atoms with van der Waals surface area (Å²) in [6, 6.07) is 18.7. The summed E-state index contributed by atoms with van der Waals surface area (Å²) >= 11 is 0. The van der Waals surface area contributed by atoms with Gasteiger partial charge in [0.15, 0.2) is 0 Å². The number of hydrogen-bond acceptors (Lipinski definition) is 4. The number of pyridine rings is 1. The van der Waals surface area contributed by atoms with Gasteiger partial charge < -0.3 is 14.9 Å². The smallest absolute Gasteiger partial charge is 0.272 e. The zero-order valence-electron chi connectivity index (χ0n) is 17.3. The van der Waals surface area contributed by atoms with E-state index in [1.54, 1.807) is 35.4 Å². The number of hydrogen-bond donors (Lipinski definition) is 1. The van der Waals surface area contributed by atoms with E-state index in [1.165, 1.54) is 17.0 Å². The van der Waals surface area contributed by atoms with Gasteiger partial charge in [0.2, 0.25) is 5.91 Å². The minimum Gasteiger partial charge on any atom is -0.394 e. The van der Waals surface area contributed by atoms with Gasteiger partial charge in [0, 0.05) is 18.7 Å². The summed E-state index contributed by atoms with van der Waals surface area (Å²) < 4.78 is 13.6. The zero-order chi connectivity index (χ0) is 22.2. The summed E-state index contributed by atoms with van der Waals surface area (Å²) in [6.07, 6.45) is 1.55. The summed E-state index contributed by atoms with van der Waals surface area (Å²) in [5, 5.41) is 9.96. The molecule has 0 spiro atoms. The van der Waals surface area contributed by atoms with Crippen LogP contribution < -0.4 is 0 Å². The number of aromatic nitrogens is 1. The molecule has 2 fully saturated rings. The predicted molar refractivity (Wildman–Crippen MR) is 116 cm³/mol. The molecule has 3 atom stereocenters. The van der Waals surface area contributed by atoms with Crippen molar-refractivity contribution in [2.24, 2.45) is 0 Å². The van der Waals surface area contributed by atoms with Crippen molar-refractivity contribution in [2.45, 2.75) is 18.0 Å². The highest BCUT2D eigenvalue weighted by molar-refractivity contribution is 5.96. The topological polar surface area (TPSA) is 73.7 Å². The number of piperazine rings is 1. The van der Waals surface area contributed by atoms with Crippen molar-refractivity contribution in [1.29, 1.82) is 0 Å². The van der Waals surface area contributed by atoms with Crippen LogP contribution >= 0.6 is 0 Å². The summed E-state index contributed by atoms with van der Waals surface area (Å²) in [4.78, 5) is 33.0. The first-order valence-corrected chi connectivity index (χ1v) is 10.5. The number of fused-ring (bicyclic) bond motifs is 1. The molecule has 0 saturated carbocycles. The van der Waals surface area contributed by atoms with Crippen molar-refractivity contribution in [3.63, 3.8) is 0 Å². The first-order chi connectivity index (χ1) is 15.6. The fourth-order valence-corrected chi connectivity index (χ4v) is 4.87. The molecule has 2 amide bonds. The van der Waals surface area contributed by atoms with E-state index in [1.807, 2.05) is 30.3 Å². The molecule has 32 heavy (non-hydrogen) atoms. The number of carbonyl (C=O) groups excluding carboxylic acids is 2. The van der Waals surface area contributed by atoms with E-state index in [4.69, 9.17) is 0 Å². The Hall–Kier alpha value is -3.58. The fourth-order valence-electron chi connectivity index (χ4n) is 4.87. The van der Waals surface area contributed by atoms with Crippen LogP contribution in [0.25, 0.3) is 11.1 Å². The van der Waals surface area contributed by atoms with E-state index in [-0.39, 0.29) is 48.8 Å². The molecule has 2 aliphatic heterocycles. The molecule has 0 unspecified atom stereocenters.